The van der Waals surface area contributed by atoms with Gasteiger partial charge < -0.3 is 4.57 Å². The van der Waals surface area contributed by atoms with Gasteiger partial charge in [0.05, 0.1) is 28.6 Å². The molecule has 0 saturated carbocycles. The molecule has 5 heteroatoms. The monoisotopic (exact) mass is 252 g/mol. The third-order valence-electron chi connectivity index (χ3n) is 2.48. The quantitative estimate of drug-likeness (QED) is 0.837. The van der Waals surface area contributed by atoms with Gasteiger partial charge in [0.15, 0.2) is 0 Å². The van der Waals surface area contributed by atoms with E-state index in [-0.39, 0.29) is 5.82 Å². The van der Waals surface area contributed by atoms with Gasteiger partial charge in [-0.05, 0) is 25.1 Å². The van der Waals surface area contributed by atoms with E-state index in [1.165, 1.54) is 12.1 Å². The number of nitrogens with zero attached hydrogens (tertiary/aromatic N) is 2. The molecule has 0 aliphatic rings. The third-order valence-corrected chi connectivity index (χ3v) is 3.81. The molecule has 90 valence electrons. The van der Waals surface area contributed by atoms with Gasteiger partial charge in [0.1, 0.15) is 5.82 Å². The lowest BCUT2D eigenvalue weighted by Crippen LogP contribution is -2.03. The zero-order chi connectivity index (χ0) is 12.3. The van der Waals surface area contributed by atoms with E-state index >= 15 is 0 Å². The highest BCUT2D eigenvalue weighted by molar-refractivity contribution is 7.84. The molecule has 2 rings (SSSR count). The summed E-state index contributed by atoms with van der Waals surface area (Å²) < 4.78 is 27.0. The fourth-order valence-electron chi connectivity index (χ4n) is 1.58. The van der Waals surface area contributed by atoms with Crippen molar-refractivity contribution < 1.29 is 8.60 Å². The molecule has 0 bridgehead atoms. The van der Waals surface area contributed by atoms with E-state index in [4.69, 9.17) is 0 Å². The highest BCUT2D eigenvalue weighted by atomic mass is 32.2. The number of benzene rings is 1. The molecule has 0 amide bonds. The van der Waals surface area contributed by atoms with Crippen LogP contribution in [0.5, 0.6) is 0 Å². The van der Waals surface area contributed by atoms with Crippen molar-refractivity contribution >= 4 is 10.8 Å². The van der Waals surface area contributed by atoms with Crippen molar-refractivity contribution in [2.75, 3.05) is 0 Å². The molecule has 1 aromatic carbocycles. The molecule has 0 aliphatic heterocycles. The number of hydrogen-bond donors (Lipinski definition) is 0. The first-order valence-corrected chi connectivity index (χ1v) is 6.65. The van der Waals surface area contributed by atoms with Crippen LogP contribution in [0.1, 0.15) is 12.6 Å². The van der Waals surface area contributed by atoms with Crippen LogP contribution in [0.3, 0.4) is 0 Å². The number of halogens is 1. The van der Waals surface area contributed by atoms with Crippen LogP contribution < -0.4 is 0 Å². The second-order valence-electron chi connectivity index (χ2n) is 3.62. The van der Waals surface area contributed by atoms with Gasteiger partial charge in [-0.25, -0.2) is 9.37 Å². The van der Waals surface area contributed by atoms with Crippen LogP contribution in [0.25, 0.3) is 0 Å². The summed E-state index contributed by atoms with van der Waals surface area (Å²) in [6.07, 6.45) is 3.40. The Kier molecular flexibility index (Phi) is 3.68. The highest BCUT2D eigenvalue weighted by Crippen LogP contribution is 2.13. The van der Waals surface area contributed by atoms with E-state index in [0.29, 0.717) is 10.6 Å². The van der Waals surface area contributed by atoms with Gasteiger partial charge in [0.2, 0.25) is 0 Å². The number of aromatic nitrogens is 2. The van der Waals surface area contributed by atoms with Crippen LogP contribution in [0.15, 0.2) is 41.7 Å². The Morgan fingerprint density at radius 1 is 1.47 bits per heavy atom. The number of hydrogen-bond acceptors (Lipinski definition) is 2. The van der Waals surface area contributed by atoms with Gasteiger partial charge in [0.25, 0.3) is 0 Å². The maximum absolute atomic E-state index is 13.0. The zero-order valence-corrected chi connectivity index (χ0v) is 10.3. The largest absolute Gasteiger partial charge is 0.334 e. The number of rotatable bonds is 4. The Morgan fingerprint density at radius 2 is 2.29 bits per heavy atom. The van der Waals surface area contributed by atoms with Crippen molar-refractivity contribution in [2.45, 2.75) is 24.1 Å². The van der Waals surface area contributed by atoms with Crippen LogP contribution in [-0.4, -0.2) is 13.8 Å². The second-order valence-corrected chi connectivity index (χ2v) is 5.07. The van der Waals surface area contributed by atoms with E-state index in [2.05, 4.69) is 4.98 Å². The van der Waals surface area contributed by atoms with Crippen molar-refractivity contribution in [3.63, 3.8) is 0 Å². The molecule has 0 saturated heterocycles. The van der Waals surface area contributed by atoms with Crippen molar-refractivity contribution in [3.05, 3.63) is 48.3 Å². The molecular formula is C12H13FN2OS. The third kappa shape index (κ3) is 2.79. The number of imidazole rings is 1. The van der Waals surface area contributed by atoms with E-state index in [0.717, 1.165) is 12.2 Å². The minimum absolute atomic E-state index is 0.358. The zero-order valence-electron chi connectivity index (χ0n) is 9.47. The smallest absolute Gasteiger partial charge is 0.124 e. The summed E-state index contributed by atoms with van der Waals surface area (Å²) in [5, 5.41) is 0. The minimum Gasteiger partial charge on any atom is -0.334 e. The van der Waals surface area contributed by atoms with Crippen LogP contribution in [0.4, 0.5) is 4.39 Å². The Bertz CT molecular complexity index is 539. The summed E-state index contributed by atoms with van der Waals surface area (Å²) in [5.74, 6) is -0.00282. The van der Waals surface area contributed by atoms with E-state index < -0.39 is 10.8 Å². The summed E-state index contributed by atoms with van der Waals surface area (Å²) in [5.41, 5.74) is 0.898. The first-order valence-electron chi connectivity index (χ1n) is 5.33. The molecular weight excluding hydrogens is 239 g/mol. The van der Waals surface area contributed by atoms with E-state index in [1.807, 2.05) is 11.5 Å². The molecule has 1 aromatic heterocycles. The molecule has 0 fully saturated rings. The molecule has 1 unspecified atom stereocenters. The van der Waals surface area contributed by atoms with Crippen LogP contribution in [-0.2, 0) is 23.1 Å². The average Bonchev–Trinajstić information content (AvgIpc) is 2.76. The molecule has 1 heterocycles. The molecule has 0 spiro atoms. The first-order chi connectivity index (χ1) is 8.20. The summed E-state index contributed by atoms with van der Waals surface area (Å²) in [4.78, 5) is 4.52. The lowest BCUT2D eigenvalue weighted by Gasteiger charge is -2.05. The maximum Gasteiger partial charge on any atom is 0.124 e. The van der Waals surface area contributed by atoms with E-state index in [9.17, 15) is 8.60 Å². The Hall–Kier alpha value is -1.49. The van der Waals surface area contributed by atoms with Crippen molar-refractivity contribution in [1.82, 2.24) is 9.55 Å². The van der Waals surface area contributed by atoms with Crippen molar-refractivity contribution in [2.24, 2.45) is 0 Å². The predicted molar refractivity (Wildman–Crippen MR) is 64.4 cm³/mol. The molecule has 3 nitrogen and oxygen atoms in total. The molecule has 1 atom stereocenters. The normalized spacial score (nSPS) is 12.6. The van der Waals surface area contributed by atoms with Gasteiger partial charge in [-0.1, -0.05) is 6.07 Å². The molecule has 0 radical (unpaired) electrons. The summed E-state index contributed by atoms with van der Waals surface area (Å²) in [6.45, 7) is 2.78. The first kappa shape index (κ1) is 12.0. The fourth-order valence-corrected chi connectivity index (χ4v) is 2.73. The lowest BCUT2D eigenvalue weighted by molar-refractivity contribution is 0.622. The van der Waals surface area contributed by atoms with Crippen LogP contribution in [0, 0.1) is 5.82 Å². The number of aryl methyl sites for hydroxylation is 1. The predicted octanol–water partition coefficient (Wildman–Crippen LogP) is 2.35. The standard InChI is InChI=1S/C12H13FN2OS/c1-2-15-9-14-7-11(15)8-17(16)12-5-3-4-10(13)6-12/h3-7,9H,2,8H2,1H3. The summed E-state index contributed by atoms with van der Waals surface area (Å²) in [7, 11) is -1.24. The highest BCUT2D eigenvalue weighted by Gasteiger charge is 2.09. The molecule has 0 aliphatic carbocycles. The maximum atomic E-state index is 13.0. The van der Waals surface area contributed by atoms with Gasteiger partial charge in [-0.15, -0.1) is 0 Å². The topological polar surface area (TPSA) is 34.9 Å². The van der Waals surface area contributed by atoms with Crippen LogP contribution in [0.2, 0.25) is 0 Å². The Morgan fingerprint density at radius 3 is 3.00 bits per heavy atom. The Labute approximate surface area is 102 Å². The SMILES string of the molecule is CCn1cncc1CS(=O)c1cccc(F)c1. The lowest BCUT2D eigenvalue weighted by atomic mass is 10.4. The summed E-state index contributed by atoms with van der Waals surface area (Å²) in [6, 6.07) is 5.89. The molecule has 17 heavy (non-hydrogen) atoms. The van der Waals surface area contributed by atoms with Crippen molar-refractivity contribution in [3.8, 4) is 0 Å². The second kappa shape index (κ2) is 5.23. The van der Waals surface area contributed by atoms with Gasteiger partial charge in [-0.2, -0.15) is 0 Å². The minimum atomic E-state index is -1.24. The van der Waals surface area contributed by atoms with Crippen LogP contribution >= 0.6 is 0 Å². The average molecular weight is 252 g/mol. The molecule has 0 N–H and O–H groups in total. The van der Waals surface area contributed by atoms with Gasteiger partial charge >= 0.3 is 0 Å². The fraction of sp³-hybridized carbons (Fsp3) is 0.250. The Balaban J connectivity index is 2.17. The summed E-state index contributed by atoms with van der Waals surface area (Å²) >= 11 is 0. The van der Waals surface area contributed by atoms with Gasteiger partial charge in [0, 0.05) is 17.6 Å². The van der Waals surface area contributed by atoms with Crippen molar-refractivity contribution in [1.29, 1.82) is 0 Å². The van der Waals surface area contributed by atoms with E-state index in [1.54, 1.807) is 24.7 Å². The van der Waals surface area contributed by atoms with Gasteiger partial charge in [-0.3, -0.25) is 4.21 Å². The molecule has 2 aromatic rings.